The van der Waals surface area contributed by atoms with E-state index in [1.54, 1.807) is 0 Å². The highest BCUT2D eigenvalue weighted by atomic mass is 127. The second kappa shape index (κ2) is 9.65. The molecule has 2 saturated heterocycles. The molecule has 0 aromatic heterocycles. The largest absolute Gasteiger partial charge is 0.490 e. The third-order valence-corrected chi connectivity index (χ3v) is 7.36. The summed E-state index contributed by atoms with van der Waals surface area (Å²) < 4.78 is 29.4. The minimum atomic E-state index is -2.84. The molecule has 0 amide bonds. The number of hydrogen-bond acceptors (Lipinski definition) is 4. The Hall–Kier alpha value is -1.03. The van der Waals surface area contributed by atoms with Gasteiger partial charge in [0.2, 0.25) is 0 Å². The zero-order chi connectivity index (χ0) is 18.7. The first-order chi connectivity index (χ1) is 13.1. The lowest BCUT2D eigenvalue weighted by Crippen LogP contribution is -2.48. The molecule has 1 saturated carbocycles. The molecule has 4 rings (SSSR count). The molecular formula is C20H30IN3O3S. The lowest BCUT2D eigenvalue weighted by atomic mass is 10.1. The maximum Gasteiger partial charge on any atom is 0.194 e. The number of aliphatic imine (C=N–C) groups is 1. The van der Waals surface area contributed by atoms with Crippen molar-refractivity contribution >= 4 is 39.8 Å². The molecule has 156 valence electrons. The Labute approximate surface area is 185 Å². The number of para-hydroxylation sites is 1. The number of sulfone groups is 1. The summed E-state index contributed by atoms with van der Waals surface area (Å²) in [5.41, 5.74) is 0. The second-order valence-electron chi connectivity index (χ2n) is 7.97. The summed E-state index contributed by atoms with van der Waals surface area (Å²) in [4.78, 5) is 7.12. The van der Waals surface area contributed by atoms with E-state index in [2.05, 4.69) is 10.2 Å². The van der Waals surface area contributed by atoms with Crippen LogP contribution in [0, 0.1) is 5.92 Å². The van der Waals surface area contributed by atoms with Gasteiger partial charge in [0.1, 0.15) is 11.9 Å². The number of benzene rings is 1. The number of likely N-dealkylation sites (tertiary alicyclic amines) is 1. The van der Waals surface area contributed by atoms with Gasteiger partial charge in [-0.1, -0.05) is 18.2 Å². The van der Waals surface area contributed by atoms with Crippen molar-refractivity contribution in [2.24, 2.45) is 10.9 Å². The summed E-state index contributed by atoms with van der Waals surface area (Å²) in [6.45, 7) is 2.44. The van der Waals surface area contributed by atoms with Crippen molar-refractivity contribution in [3.05, 3.63) is 30.3 Å². The van der Waals surface area contributed by atoms with Gasteiger partial charge in [-0.05, 0) is 37.3 Å². The summed E-state index contributed by atoms with van der Waals surface area (Å²) in [7, 11) is -2.84. The van der Waals surface area contributed by atoms with E-state index < -0.39 is 9.84 Å². The number of piperidine rings is 1. The normalized spacial score (nSPS) is 25.2. The predicted octanol–water partition coefficient (Wildman–Crippen LogP) is 2.69. The van der Waals surface area contributed by atoms with Crippen molar-refractivity contribution in [1.29, 1.82) is 0 Å². The highest BCUT2D eigenvalue weighted by Crippen LogP contribution is 2.23. The number of nitrogens with zero attached hydrogens (tertiary/aromatic N) is 2. The van der Waals surface area contributed by atoms with Gasteiger partial charge in [-0.3, -0.25) is 4.99 Å². The van der Waals surface area contributed by atoms with Crippen LogP contribution in [-0.2, 0) is 9.84 Å². The van der Waals surface area contributed by atoms with Crippen LogP contribution in [0.5, 0.6) is 5.75 Å². The zero-order valence-corrected chi connectivity index (χ0v) is 19.3. The quantitative estimate of drug-likeness (QED) is 0.368. The van der Waals surface area contributed by atoms with E-state index in [-0.39, 0.29) is 36.0 Å². The van der Waals surface area contributed by atoms with Crippen molar-refractivity contribution in [2.75, 3.05) is 31.1 Å². The molecule has 2 heterocycles. The topological polar surface area (TPSA) is 71.0 Å². The van der Waals surface area contributed by atoms with E-state index in [0.717, 1.165) is 44.1 Å². The Morgan fingerprint density at radius 1 is 1.11 bits per heavy atom. The molecule has 1 N–H and O–H groups in total. The minimum absolute atomic E-state index is 0. The first-order valence-corrected chi connectivity index (χ1v) is 11.9. The van der Waals surface area contributed by atoms with E-state index >= 15 is 0 Å². The smallest absolute Gasteiger partial charge is 0.194 e. The molecule has 0 radical (unpaired) electrons. The predicted molar refractivity (Wildman–Crippen MR) is 122 cm³/mol. The van der Waals surface area contributed by atoms with E-state index in [1.807, 2.05) is 30.3 Å². The molecule has 0 spiro atoms. The molecule has 0 bridgehead atoms. The standard InChI is InChI=1S/C20H29N3O3S.HI/c24-27(25)13-10-16(15-27)14-21-20(22-17-6-7-17)23-11-8-19(9-12-23)26-18-4-2-1-3-5-18;/h1-5,16-17,19H,6-15H2,(H,21,22);1H. The first-order valence-electron chi connectivity index (χ1n) is 10.1. The highest BCUT2D eigenvalue weighted by Gasteiger charge is 2.30. The van der Waals surface area contributed by atoms with E-state index in [1.165, 1.54) is 12.8 Å². The van der Waals surface area contributed by atoms with Gasteiger partial charge in [-0.2, -0.15) is 0 Å². The Bertz CT molecular complexity index is 760. The highest BCUT2D eigenvalue weighted by molar-refractivity contribution is 14.0. The van der Waals surface area contributed by atoms with Crippen LogP contribution in [0.3, 0.4) is 0 Å². The lowest BCUT2D eigenvalue weighted by Gasteiger charge is -2.34. The van der Waals surface area contributed by atoms with Gasteiger partial charge in [0.15, 0.2) is 15.8 Å². The lowest BCUT2D eigenvalue weighted by molar-refractivity contribution is 0.129. The van der Waals surface area contributed by atoms with Gasteiger partial charge in [0.05, 0.1) is 11.5 Å². The fraction of sp³-hybridized carbons (Fsp3) is 0.650. The maximum atomic E-state index is 11.7. The van der Waals surface area contributed by atoms with Crippen LogP contribution in [0.15, 0.2) is 35.3 Å². The van der Waals surface area contributed by atoms with Crippen LogP contribution in [0.25, 0.3) is 0 Å². The first kappa shape index (κ1) is 21.7. The van der Waals surface area contributed by atoms with Gasteiger partial charge >= 0.3 is 0 Å². The van der Waals surface area contributed by atoms with Crippen LogP contribution in [0.4, 0.5) is 0 Å². The molecule has 8 heteroatoms. The van der Waals surface area contributed by atoms with E-state index in [4.69, 9.17) is 9.73 Å². The van der Waals surface area contributed by atoms with Crippen molar-refractivity contribution < 1.29 is 13.2 Å². The van der Waals surface area contributed by atoms with Crippen molar-refractivity contribution in [3.63, 3.8) is 0 Å². The average Bonchev–Trinajstić information content (AvgIpc) is 3.42. The van der Waals surface area contributed by atoms with E-state index in [0.29, 0.717) is 24.1 Å². The maximum absolute atomic E-state index is 11.7. The third-order valence-electron chi connectivity index (χ3n) is 5.52. The summed E-state index contributed by atoms with van der Waals surface area (Å²) in [5, 5.41) is 3.56. The molecule has 1 unspecified atom stereocenters. The Morgan fingerprint density at radius 2 is 1.82 bits per heavy atom. The fourth-order valence-corrected chi connectivity index (χ4v) is 5.61. The Morgan fingerprint density at radius 3 is 2.43 bits per heavy atom. The van der Waals surface area contributed by atoms with Crippen LogP contribution >= 0.6 is 24.0 Å². The molecule has 2 aliphatic heterocycles. The molecular weight excluding hydrogens is 489 g/mol. The van der Waals surface area contributed by atoms with Gasteiger partial charge < -0.3 is 15.0 Å². The number of guanidine groups is 1. The monoisotopic (exact) mass is 519 g/mol. The number of hydrogen-bond donors (Lipinski definition) is 1. The molecule has 28 heavy (non-hydrogen) atoms. The van der Waals surface area contributed by atoms with Crippen molar-refractivity contribution in [2.45, 2.75) is 44.2 Å². The van der Waals surface area contributed by atoms with Crippen molar-refractivity contribution in [1.82, 2.24) is 10.2 Å². The molecule has 1 aromatic carbocycles. The zero-order valence-electron chi connectivity index (χ0n) is 16.1. The van der Waals surface area contributed by atoms with Gasteiger partial charge in [0, 0.05) is 38.5 Å². The Balaban J connectivity index is 0.00000225. The summed E-state index contributed by atoms with van der Waals surface area (Å²) in [6, 6.07) is 10.5. The number of rotatable bonds is 5. The SMILES string of the molecule is I.O=S1(=O)CCC(CN=C(NC2CC2)N2CCC(Oc3ccccc3)CC2)C1. The minimum Gasteiger partial charge on any atom is -0.490 e. The van der Waals surface area contributed by atoms with Crippen LogP contribution in [0.2, 0.25) is 0 Å². The van der Waals surface area contributed by atoms with Crippen molar-refractivity contribution in [3.8, 4) is 5.75 Å². The number of halogens is 1. The third kappa shape index (κ3) is 6.23. The van der Waals surface area contributed by atoms with Crippen LogP contribution in [0.1, 0.15) is 32.1 Å². The average molecular weight is 519 g/mol. The van der Waals surface area contributed by atoms with Gasteiger partial charge in [-0.25, -0.2) is 8.42 Å². The summed E-state index contributed by atoms with van der Waals surface area (Å²) >= 11 is 0. The second-order valence-corrected chi connectivity index (χ2v) is 10.2. The van der Waals surface area contributed by atoms with E-state index in [9.17, 15) is 8.42 Å². The fourth-order valence-electron chi connectivity index (χ4n) is 3.76. The summed E-state index contributed by atoms with van der Waals surface area (Å²) in [5.74, 6) is 2.68. The van der Waals surface area contributed by atoms with Crippen LogP contribution in [-0.4, -0.2) is 62.6 Å². The number of nitrogens with one attached hydrogen (secondary N) is 1. The van der Waals surface area contributed by atoms with Crippen LogP contribution < -0.4 is 10.1 Å². The number of ether oxygens (including phenoxy) is 1. The molecule has 1 aliphatic carbocycles. The Kier molecular flexibility index (Phi) is 7.47. The molecule has 1 atom stereocenters. The van der Waals surface area contributed by atoms with Gasteiger partial charge in [-0.15, -0.1) is 24.0 Å². The molecule has 1 aromatic rings. The molecule has 3 aliphatic rings. The van der Waals surface area contributed by atoms with Gasteiger partial charge in [0.25, 0.3) is 0 Å². The summed E-state index contributed by atoms with van der Waals surface area (Å²) in [6.07, 6.45) is 5.33. The molecule has 3 fully saturated rings. The molecule has 6 nitrogen and oxygen atoms in total.